The van der Waals surface area contributed by atoms with E-state index in [4.69, 9.17) is 5.84 Å². The van der Waals surface area contributed by atoms with Crippen molar-refractivity contribution in [2.75, 3.05) is 5.01 Å². The molecule has 0 aromatic heterocycles. The van der Waals surface area contributed by atoms with E-state index in [9.17, 15) is 0 Å². The monoisotopic (exact) mass is 148 g/mol. The first-order valence-corrected chi connectivity index (χ1v) is 3.91. The molecule has 1 atom stereocenters. The molecule has 0 spiro atoms. The van der Waals surface area contributed by atoms with E-state index in [1.54, 1.807) is 0 Å². The minimum atomic E-state index is 0.451. The van der Waals surface area contributed by atoms with Gasteiger partial charge in [-0.3, -0.25) is 0 Å². The highest BCUT2D eigenvalue weighted by molar-refractivity contribution is 5.57. The van der Waals surface area contributed by atoms with E-state index in [1.165, 1.54) is 11.3 Å². The number of fused-ring (bicyclic) bond motifs is 1. The highest BCUT2D eigenvalue weighted by atomic mass is 15.4. The lowest BCUT2D eigenvalue weighted by atomic mass is 10.1. The van der Waals surface area contributed by atoms with E-state index < -0.39 is 0 Å². The maximum Gasteiger partial charge on any atom is 0.0553 e. The molecule has 0 aliphatic carbocycles. The molecule has 0 saturated heterocycles. The van der Waals surface area contributed by atoms with Gasteiger partial charge in [-0.15, -0.1) is 0 Å². The van der Waals surface area contributed by atoms with E-state index in [0.717, 1.165) is 6.42 Å². The van der Waals surface area contributed by atoms with Gasteiger partial charge in [0, 0.05) is 6.04 Å². The summed E-state index contributed by atoms with van der Waals surface area (Å²) < 4.78 is 0. The topological polar surface area (TPSA) is 29.3 Å². The second kappa shape index (κ2) is 2.24. The van der Waals surface area contributed by atoms with Crippen LogP contribution in [0.4, 0.5) is 5.69 Å². The van der Waals surface area contributed by atoms with Crippen LogP contribution in [0.5, 0.6) is 0 Å². The summed E-state index contributed by atoms with van der Waals surface area (Å²) in [7, 11) is 0. The third kappa shape index (κ3) is 0.906. The standard InChI is InChI=1S/C9H12N2/c1-7-6-8-4-2-3-5-9(8)11(7)10/h2-5,7H,6,10H2,1H3. The molecule has 0 amide bonds. The van der Waals surface area contributed by atoms with Crippen molar-refractivity contribution in [3.63, 3.8) is 0 Å². The first kappa shape index (κ1) is 6.68. The van der Waals surface area contributed by atoms with Crippen LogP contribution >= 0.6 is 0 Å². The van der Waals surface area contributed by atoms with Gasteiger partial charge in [0.25, 0.3) is 0 Å². The molecule has 0 bridgehead atoms. The molecule has 1 heterocycles. The fourth-order valence-corrected chi connectivity index (χ4v) is 1.59. The van der Waals surface area contributed by atoms with Gasteiger partial charge in [-0.25, -0.2) is 5.84 Å². The van der Waals surface area contributed by atoms with Crippen LogP contribution in [0.2, 0.25) is 0 Å². The van der Waals surface area contributed by atoms with Crippen molar-refractivity contribution in [1.29, 1.82) is 0 Å². The first-order valence-electron chi connectivity index (χ1n) is 3.91. The zero-order chi connectivity index (χ0) is 7.84. The Labute approximate surface area is 66.6 Å². The summed E-state index contributed by atoms with van der Waals surface area (Å²) in [5, 5.41) is 1.84. The molecular weight excluding hydrogens is 136 g/mol. The Balaban J connectivity index is 2.47. The molecule has 1 aromatic carbocycles. The number of para-hydroxylation sites is 1. The predicted molar refractivity (Wildman–Crippen MR) is 46.3 cm³/mol. The Kier molecular flexibility index (Phi) is 1.36. The Bertz CT molecular complexity index is 270. The van der Waals surface area contributed by atoms with Crippen molar-refractivity contribution in [3.8, 4) is 0 Å². The molecule has 0 saturated carbocycles. The van der Waals surface area contributed by atoms with Crippen LogP contribution in [0, 0.1) is 0 Å². The van der Waals surface area contributed by atoms with Gasteiger partial charge in [-0.2, -0.15) is 0 Å². The molecule has 1 aliphatic heterocycles. The van der Waals surface area contributed by atoms with Gasteiger partial charge in [0.1, 0.15) is 0 Å². The van der Waals surface area contributed by atoms with E-state index >= 15 is 0 Å². The van der Waals surface area contributed by atoms with Crippen molar-refractivity contribution < 1.29 is 0 Å². The van der Waals surface area contributed by atoms with Crippen LogP contribution in [-0.4, -0.2) is 6.04 Å². The average molecular weight is 148 g/mol. The van der Waals surface area contributed by atoms with Gasteiger partial charge < -0.3 is 5.01 Å². The zero-order valence-corrected chi connectivity index (χ0v) is 6.62. The van der Waals surface area contributed by atoms with E-state index in [1.807, 2.05) is 11.1 Å². The molecule has 2 heteroatoms. The lowest BCUT2D eigenvalue weighted by Gasteiger charge is -2.17. The van der Waals surface area contributed by atoms with Crippen LogP contribution in [0.1, 0.15) is 12.5 Å². The van der Waals surface area contributed by atoms with Crippen molar-refractivity contribution >= 4 is 5.69 Å². The minimum absolute atomic E-state index is 0.451. The van der Waals surface area contributed by atoms with E-state index in [-0.39, 0.29) is 0 Å². The van der Waals surface area contributed by atoms with Crippen LogP contribution < -0.4 is 10.9 Å². The third-order valence-corrected chi connectivity index (χ3v) is 2.26. The van der Waals surface area contributed by atoms with Crippen molar-refractivity contribution in [2.24, 2.45) is 5.84 Å². The summed E-state index contributed by atoms with van der Waals surface area (Å²) in [6.45, 7) is 2.14. The molecule has 11 heavy (non-hydrogen) atoms. The van der Waals surface area contributed by atoms with Crippen LogP contribution in [0.15, 0.2) is 24.3 Å². The third-order valence-electron chi connectivity index (χ3n) is 2.26. The van der Waals surface area contributed by atoms with E-state index in [2.05, 4.69) is 25.1 Å². The molecule has 2 nitrogen and oxygen atoms in total. The second-order valence-corrected chi connectivity index (χ2v) is 3.09. The summed E-state index contributed by atoms with van der Waals surface area (Å²) in [5.74, 6) is 5.82. The molecule has 1 aliphatic rings. The molecule has 1 unspecified atom stereocenters. The second-order valence-electron chi connectivity index (χ2n) is 3.09. The molecule has 58 valence electrons. The molecule has 0 fully saturated rings. The summed E-state index contributed by atoms with van der Waals surface area (Å²) in [6.07, 6.45) is 1.08. The molecule has 1 aromatic rings. The van der Waals surface area contributed by atoms with Gasteiger partial charge in [0.2, 0.25) is 0 Å². The predicted octanol–water partition coefficient (Wildman–Crippen LogP) is 1.31. The maximum atomic E-state index is 5.82. The maximum absolute atomic E-state index is 5.82. The summed E-state index contributed by atoms with van der Waals surface area (Å²) in [4.78, 5) is 0. The quantitative estimate of drug-likeness (QED) is 0.562. The van der Waals surface area contributed by atoms with Crippen molar-refractivity contribution in [3.05, 3.63) is 29.8 Å². The molecule has 2 rings (SSSR count). The lowest BCUT2D eigenvalue weighted by molar-refractivity contribution is 0.697. The Morgan fingerprint density at radius 3 is 2.91 bits per heavy atom. The van der Waals surface area contributed by atoms with Crippen LogP contribution in [-0.2, 0) is 6.42 Å². The lowest BCUT2D eigenvalue weighted by Crippen LogP contribution is -2.35. The Hall–Kier alpha value is -1.02. The molecule has 0 radical (unpaired) electrons. The average Bonchev–Trinajstić information content (AvgIpc) is 2.30. The number of benzene rings is 1. The number of hydrogen-bond donors (Lipinski definition) is 1. The fraction of sp³-hybridized carbons (Fsp3) is 0.333. The largest absolute Gasteiger partial charge is 0.308 e. The first-order chi connectivity index (χ1) is 5.29. The smallest absolute Gasteiger partial charge is 0.0553 e. The highest BCUT2D eigenvalue weighted by Gasteiger charge is 2.21. The van der Waals surface area contributed by atoms with Gasteiger partial charge in [0.15, 0.2) is 0 Å². The van der Waals surface area contributed by atoms with Gasteiger partial charge >= 0.3 is 0 Å². The van der Waals surface area contributed by atoms with Crippen molar-refractivity contribution in [2.45, 2.75) is 19.4 Å². The SMILES string of the molecule is CC1Cc2ccccc2N1N. The molecular formula is C9H12N2. The fourth-order valence-electron chi connectivity index (χ4n) is 1.59. The van der Waals surface area contributed by atoms with Crippen molar-refractivity contribution in [1.82, 2.24) is 0 Å². The zero-order valence-electron chi connectivity index (χ0n) is 6.62. The number of hydrogen-bond acceptors (Lipinski definition) is 2. The summed E-state index contributed by atoms with van der Waals surface area (Å²) in [5.41, 5.74) is 2.54. The highest BCUT2D eigenvalue weighted by Crippen LogP contribution is 2.28. The number of hydrazine groups is 1. The minimum Gasteiger partial charge on any atom is -0.308 e. The van der Waals surface area contributed by atoms with Gasteiger partial charge in [-0.1, -0.05) is 18.2 Å². The van der Waals surface area contributed by atoms with Crippen LogP contribution in [0.3, 0.4) is 0 Å². The number of anilines is 1. The Morgan fingerprint density at radius 2 is 2.18 bits per heavy atom. The van der Waals surface area contributed by atoms with Crippen LogP contribution in [0.25, 0.3) is 0 Å². The number of nitrogens with zero attached hydrogens (tertiary/aromatic N) is 1. The number of rotatable bonds is 0. The van der Waals surface area contributed by atoms with Gasteiger partial charge in [0.05, 0.1) is 5.69 Å². The van der Waals surface area contributed by atoms with E-state index in [0.29, 0.717) is 6.04 Å². The Morgan fingerprint density at radius 1 is 1.45 bits per heavy atom. The number of nitrogens with two attached hydrogens (primary N) is 1. The molecule has 2 N–H and O–H groups in total. The summed E-state index contributed by atoms with van der Waals surface area (Å²) in [6, 6.07) is 8.74. The summed E-state index contributed by atoms with van der Waals surface area (Å²) >= 11 is 0. The van der Waals surface area contributed by atoms with Gasteiger partial charge in [-0.05, 0) is 25.0 Å². The normalized spacial score (nSPS) is 22.0.